The van der Waals surface area contributed by atoms with Crippen LogP contribution in [0.1, 0.15) is 43.2 Å². The highest BCUT2D eigenvalue weighted by atomic mass is 16.4. The number of aliphatic hydroxyl groups excluding tert-OH is 1. The van der Waals surface area contributed by atoms with E-state index in [9.17, 15) is 5.11 Å². The smallest absolute Gasteiger partial charge is 0.230 e. The lowest BCUT2D eigenvalue weighted by Gasteiger charge is -2.35. The molecule has 1 aromatic heterocycles. The molecule has 3 rings (SSSR count). The van der Waals surface area contributed by atoms with Crippen molar-refractivity contribution in [3.05, 3.63) is 47.7 Å². The molecule has 24 heavy (non-hydrogen) atoms. The van der Waals surface area contributed by atoms with E-state index in [-0.39, 0.29) is 5.92 Å². The van der Waals surface area contributed by atoms with Crippen molar-refractivity contribution in [1.29, 1.82) is 0 Å². The van der Waals surface area contributed by atoms with Crippen molar-refractivity contribution in [3.63, 3.8) is 0 Å². The number of aliphatic hydroxyl groups is 1. The fourth-order valence-corrected chi connectivity index (χ4v) is 2.91. The van der Waals surface area contributed by atoms with Crippen molar-refractivity contribution in [3.8, 4) is 0 Å². The molecule has 6 nitrogen and oxygen atoms in total. The fraction of sp³-hybridized carbons (Fsp3) is 0.556. The molecule has 2 heterocycles. The molecule has 130 valence electrons. The van der Waals surface area contributed by atoms with Crippen molar-refractivity contribution in [2.45, 2.75) is 32.4 Å². The largest absolute Gasteiger partial charge is 0.424 e. The summed E-state index contributed by atoms with van der Waals surface area (Å²) in [6.45, 7) is 9.25. The topological polar surface area (TPSA) is 65.6 Å². The van der Waals surface area contributed by atoms with Crippen LogP contribution in [0.2, 0.25) is 0 Å². The van der Waals surface area contributed by atoms with Gasteiger partial charge in [0.25, 0.3) is 0 Å². The van der Waals surface area contributed by atoms with Crippen LogP contribution in [0.5, 0.6) is 0 Å². The Labute approximate surface area is 143 Å². The number of benzene rings is 1. The summed E-state index contributed by atoms with van der Waals surface area (Å²) in [5.74, 6) is 1.66. The molecular formula is C18H26N4O2. The van der Waals surface area contributed by atoms with E-state index in [1.807, 2.05) is 44.2 Å². The number of piperazine rings is 1. The first-order chi connectivity index (χ1) is 11.6. The standard InChI is InChI=1S/C18H26N4O2/c1-14(2)18-20-19-17(24-18)13-22-10-8-21(9-11-22)12-16(23)15-6-4-3-5-7-15/h3-7,14,16,23H,8-13H2,1-2H3/t16-/m1/s1. The van der Waals surface area contributed by atoms with Crippen LogP contribution in [0.3, 0.4) is 0 Å². The van der Waals surface area contributed by atoms with Crippen LogP contribution < -0.4 is 0 Å². The Bertz CT molecular complexity index is 621. The zero-order valence-corrected chi connectivity index (χ0v) is 14.4. The first kappa shape index (κ1) is 17.1. The Balaban J connectivity index is 1.45. The highest BCUT2D eigenvalue weighted by molar-refractivity contribution is 5.17. The maximum atomic E-state index is 10.3. The number of rotatable bonds is 6. The summed E-state index contributed by atoms with van der Waals surface area (Å²) in [6, 6.07) is 9.85. The quantitative estimate of drug-likeness (QED) is 0.874. The van der Waals surface area contributed by atoms with Gasteiger partial charge in [-0.25, -0.2) is 0 Å². The molecule has 1 fully saturated rings. The molecule has 0 aliphatic carbocycles. The second kappa shape index (κ2) is 7.88. The predicted octanol–water partition coefficient (Wildman–Crippen LogP) is 2.04. The van der Waals surface area contributed by atoms with Crippen molar-refractivity contribution >= 4 is 0 Å². The first-order valence-electron chi connectivity index (χ1n) is 8.62. The van der Waals surface area contributed by atoms with Gasteiger partial charge in [0, 0.05) is 38.6 Å². The number of nitrogens with zero attached hydrogens (tertiary/aromatic N) is 4. The van der Waals surface area contributed by atoms with Gasteiger partial charge >= 0.3 is 0 Å². The molecule has 1 N–H and O–H groups in total. The molecule has 1 aromatic carbocycles. The highest BCUT2D eigenvalue weighted by Crippen LogP contribution is 2.17. The summed E-state index contributed by atoms with van der Waals surface area (Å²) in [4.78, 5) is 4.63. The van der Waals surface area contributed by atoms with Crippen LogP contribution in [0.25, 0.3) is 0 Å². The summed E-state index contributed by atoms with van der Waals surface area (Å²) in [7, 11) is 0. The van der Waals surface area contributed by atoms with Crippen LogP contribution >= 0.6 is 0 Å². The van der Waals surface area contributed by atoms with Crippen molar-refractivity contribution in [2.75, 3.05) is 32.7 Å². The van der Waals surface area contributed by atoms with Gasteiger partial charge in [-0.1, -0.05) is 44.2 Å². The van der Waals surface area contributed by atoms with Gasteiger partial charge in [-0.2, -0.15) is 0 Å². The van der Waals surface area contributed by atoms with E-state index in [1.165, 1.54) is 0 Å². The highest BCUT2D eigenvalue weighted by Gasteiger charge is 2.21. The second-order valence-corrected chi connectivity index (χ2v) is 6.69. The first-order valence-corrected chi connectivity index (χ1v) is 8.62. The zero-order valence-electron chi connectivity index (χ0n) is 14.4. The lowest BCUT2D eigenvalue weighted by Crippen LogP contribution is -2.47. The Morgan fingerprint density at radius 3 is 2.33 bits per heavy atom. The predicted molar refractivity (Wildman–Crippen MR) is 91.5 cm³/mol. The zero-order chi connectivity index (χ0) is 16.9. The average molecular weight is 330 g/mol. The van der Waals surface area contributed by atoms with Gasteiger partial charge in [0.15, 0.2) is 0 Å². The molecule has 2 aromatic rings. The van der Waals surface area contributed by atoms with Crippen LogP contribution in [-0.4, -0.2) is 57.8 Å². The van der Waals surface area contributed by atoms with Gasteiger partial charge < -0.3 is 9.52 Å². The summed E-state index contributed by atoms with van der Waals surface area (Å²) in [5, 5.41) is 18.5. The van der Waals surface area contributed by atoms with Crippen molar-refractivity contribution in [2.24, 2.45) is 0 Å². The monoisotopic (exact) mass is 330 g/mol. The third kappa shape index (κ3) is 4.41. The van der Waals surface area contributed by atoms with Crippen molar-refractivity contribution in [1.82, 2.24) is 20.0 Å². The summed E-state index contributed by atoms with van der Waals surface area (Å²) < 4.78 is 5.68. The number of β-amino-alcohol motifs (C(OH)–C–C–N with tert-alkyl or cyclic N) is 1. The van der Waals surface area contributed by atoms with E-state index in [1.54, 1.807) is 0 Å². The molecule has 0 radical (unpaired) electrons. The summed E-state index contributed by atoms with van der Waals surface area (Å²) in [6.07, 6.45) is -0.428. The van der Waals surface area contributed by atoms with E-state index >= 15 is 0 Å². The third-order valence-corrected chi connectivity index (χ3v) is 4.42. The van der Waals surface area contributed by atoms with Crippen LogP contribution in [0.15, 0.2) is 34.7 Å². The molecule has 0 saturated carbocycles. The molecule has 0 bridgehead atoms. The molecule has 6 heteroatoms. The van der Waals surface area contributed by atoms with E-state index in [0.717, 1.165) is 31.7 Å². The van der Waals surface area contributed by atoms with E-state index in [2.05, 4.69) is 20.0 Å². The number of aromatic nitrogens is 2. The van der Waals surface area contributed by atoms with Gasteiger partial charge in [0.2, 0.25) is 11.8 Å². The maximum Gasteiger partial charge on any atom is 0.230 e. The molecule has 1 saturated heterocycles. The Hall–Kier alpha value is -1.76. The number of hydrogen-bond acceptors (Lipinski definition) is 6. The van der Waals surface area contributed by atoms with Gasteiger partial charge in [-0.15, -0.1) is 10.2 Å². The second-order valence-electron chi connectivity index (χ2n) is 6.69. The van der Waals surface area contributed by atoms with Crippen LogP contribution in [0, 0.1) is 0 Å². The summed E-state index contributed by atoms with van der Waals surface area (Å²) in [5.41, 5.74) is 0.979. The van der Waals surface area contributed by atoms with E-state index in [0.29, 0.717) is 24.9 Å². The molecular weight excluding hydrogens is 304 g/mol. The SMILES string of the molecule is CC(C)c1nnc(CN2CCN(C[C@@H](O)c3ccccc3)CC2)o1. The van der Waals surface area contributed by atoms with Gasteiger partial charge in [0.1, 0.15) is 0 Å². The van der Waals surface area contributed by atoms with E-state index < -0.39 is 6.10 Å². The lowest BCUT2D eigenvalue weighted by molar-refractivity contribution is 0.0670. The molecule has 1 aliphatic heterocycles. The van der Waals surface area contributed by atoms with Crippen LogP contribution in [-0.2, 0) is 6.54 Å². The van der Waals surface area contributed by atoms with Crippen LogP contribution in [0.4, 0.5) is 0 Å². The van der Waals surface area contributed by atoms with Gasteiger partial charge in [0.05, 0.1) is 12.6 Å². The van der Waals surface area contributed by atoms with Crippen molar-refractivity contribution < 1.29 is 9.52 Å². The normalized spacial score (nSPS) is 18.2. The Morgan fingerprint density at radius 1 is 1.04 bits per heavy atom. The Kier molecular flexibility index (Phi) is 5.60. The maximum absolute atomic E-state index is 10.3. The summed E-state index contributed by atoms with van der Waals surface area (Å²) >= 11 is 0. The molecule has 0 unspecified atom stereocenters. The Morgan fingerprint density at radius 2 is 1.71 bits per heavy atom. The van der Waals surface area contributed by atoms with E-state index in [4.69, 9.17) is 4.42 Å². The fourth-order valence-electron chi connectivity index (χ4n) is 2.91. The third-order valence-electron chi connectivity index (χ3n) is 4.42. The van der Waals surface area contributed by atoms with Gasteiger partial charge in [-0.3, -0.25) is 9.80 Å². The molecule has 0 amide bonds. The minimum Gasteiger partial charge on any atom is -0.424 e. The minimum absolute atomic E-state index is 0.266. The number of hydrogen-bond donors (Lipinski definition) is 1. The average Bonchev–Trinajstić information content (AvgIpc) is 3.06. The molecule has 1 aliphatic rings. The lowest BCUT2D eigenvalue weighted by atomic mass is 10.1. The van der Waals surface area contributed by atoms with Gasteiger partial charge in [-0.05, 0) is 5.56 Å². The molecule has 0 spiro atoms. The minimum atomic E-state index is -0.428. The molecule has 1 atom stereocenters.